The van der Waals surface area contributed by atoms with E-state index in [1.54, 1.807) is 11.8 Å². The molecular weight excluding hydrogens is 272 g/mol. The van der Waals surface area contributed by atoms with Crippen LogP contribution >= 0.6 is 11.8 Å². The lowest BCUT2D eigenvalue weighted by atomic mass is 10.3. The molecule has 0 atom stereocenters. The first-order chi connectivity index (χ1) is 9.81. The highest BCUT2D eigenvalue weighted by molar-refractivity contribution is 7.98. The zero-order valence-corrected chi connectivity index (χ0v) is 12.0. The van der Waals surface area contributed by atoms with Crippen molar-refractivity contribution in [3.8, 4) is 0 Å². The number of H-pyrrole nitrogens is 1. The van der Waals surface area contributed by atoms with Crippen LogP contribution in [-0.2, 0) is 18.8 Å². The normalized spacial score (nSPS) is 11.3. The minimum absolute atomic E-state index is 0.409. The molecule has 7 heteroatoms. The van der Waals surface area contributed by atoms with E-state index in [2.05, 4.69) is 27.1 Å². The van der Waals surface area contributed by atoms with Crippen molar-refractivity contribution in [1.29, 1.82) is 0 Å². The van der Waals surface area contributed by atoms with Crippen molar-refractivity contribution < 1.29 is 0 Å². The van der Waals surface area contributed by atoms with Crippen molar-refractivity contribution >= 4 is 22.8 Å². The number of fused-ring (bicyclic) bond motifs is 1. The third kappa shape index (κ3) is 2.41. The van der Waals surface area contributed by atoms with Gasteiger partial charge in [0, 0.05) is 6.54 Å². The number of rotatable bonds is 5. The van der Waals surface area contributed by atoms with Crippen LogP contribution in [0.25, 0.3) is 11.0 Å². The molecule has 0 spiro atoms. The van der Waals surface area contributed by atoms with Crippen LogP contribution in [0.15, 0.2) is 29.4 Å². The number of aromatic nitrogens is 5. The number of nitrogens with two attached hydrogens (primary N) is 1. The zero-order chi connectivity index (χ0) is 13.9. The van der Waals surface area contributed by atoms with Crippen LogP contribution in [0.2, 0.25) is 0 Å². The van der Waals surface area contributed by atoms with Crippen molar-refractivity contribution in [1.82, 2.24) is 24.7 Å². The summed E-state index contributed by atoms with van der Waals surface area (Å²) in [5, 5.41) is 9.16. The van der Waals surface area contributed by atoms with Crippen molar-refractivity contribution in [2.75, 3.05) is 0 Å². The first kappa shape index (κ1) is 13.1. The second kappa shape index (κ2) is 5.64. The lowest BCUT2D eigenvalue weighted by molar-refractivity contribution is 0.643. The molecule has 6 nitrogen and oxygen atoms in total. The highest BCUT2D eigenvalue weighted by Crippen LogP contribution is 2.22. The smallest absolute Gasteiger partial charge is 0.191 e. The molecule has 3 aromatic rings. The molecular formula is C13H16N6S. The Balaban J connectivity index is 1.77. The molecule has 3 N–H and O–H groups in total. The van der Waals surface area contributed by atoms with Gasteiger partial charge >= 0.3 is 0 Å². The molecule has 0 unspecified atom stereocenters. The highest BCUT2D eigenvalue weighted by atomic mass is 32.2. The number of nitrogens with one attached hydrogen (secondary N) is 1. The molecule has 0 radical (unpaired) electrons. The first-order valence-corrected chi connectivity index (χ1v) is 7.49. The predicted molar refractivity (Wildman–Crippen MR) is 79.2 cm³/mol. The molecule has 0 amide bonds. The van der Waals surface area contributed by atoms with Gasteiger partial charge in [0.1, 0.15) is 11.6 Å². The van der Waals surface area contributed by atoms with Gasteiger partial charge in [-0.15, -0.1) is 10.2 Å². The third-order valence-electron chi connectivity index (χ3n) is 3.07. The summed E-state index contributed by atoms with van der Waals surface area (Å²) in [6.07, 6.45) is 0. The number of aromatic amines is 1. The quantitative estimate of drug-likeness (QED) is 0.701. The first-order valence-electron chi connectivity index (χ1n) is 6.50. The SMILES string of the molecule is CCn1c(CN)nnc1SCc1nc2ccccc2[nH]1. The van der Waals surface area contributed by atoms with Gasteiger partial charge in [0.05, 0.1) is 23.3 Å². The van der Waals surface area contributed by atoms with Crippen LogP contribution in [0, 0.1) is 0 Å². The number of thioether (sulfide) groups is 1. The van der Waals surface area contributed by atoms with Crippen LogP contribution < -0.4 is 5.73 Å². The summed E-state index contributed by atoms with van der Waals surface area (Å²) in [6.45, 7) is 3.29. The van der Waals surface area contributed by atoms with Crippen molar-refractivity contribution in [2.24, 2.45) is 5.73 Å². The summed E-state index contributed by atoms with van der Waals surface area (Å²) in [6, 6.07) is 8.01. The Morgan fingerprint density at radius 1 is 1.30 bits per heavy atom. The summed E-state index contributed by atoms with van der Waals surface area (Å²) >= 11 is 1.62. The van der Waals surface area contributed by atoms with Gasteiger partial charge in [0.25, 0.3) is 0 Å². The third-order valence-corrected chi connectivity index (χ3v) is 4.05. The fourth-order valence-electron chi connectivity index (χ4n) is 2.10. The number of para-hydroxylation sites is 2. The maximum atomic E-state index is 5.65. The zero-order valence-electron chi connectivity index (χ0n) is 11.2. The molecule has 0 aliphatic rings. The Kier molecular flexibility index (Phi) is 3.70. The summed E-state index contributed by atoms with van der Waals surface area (Å²) in [5.41, 5.74) is 7.69. The number of hydrogen-bond donors (Lipinski definition) is 2. The molecule has 0 bridgehead atoms. The number of hydrogen-bond acceptors (Lipinski definition) is 5. The van der Waals surface area contributed by atoms with E-state index in [1.165, 1.54) is 0 Å². The topological polar surface area (TPSA) is 85.4 Å². The van der Waals surface area contributed by atoms with Crippen molar-refractivity contribution in [3.05, 3.63) is 35.9 Å². The maximum absolute atomic E-state index is 5.65. The molecule has 2 heterocycles. The Labute approximate surface area is 120 Å². The molecule has 2 aromatic heterocycles. The summed E-state index contributed by atoms with van der Waals surface area (Å²) in [7, 11) is 0. The van der Waals surface area contributed by atoms with E-state index in [0.29, 0.717) is 6.54 Å². The van der Waals surface area contributed by atoms with Gasteiger partial charge in [-0.1, -0.05) is 23.9 Å². The molecule has 0 saturated heterocycles. The van der Waals surface area contributed by atoms with Crippen molar-refractivity contribution in [2.45, 2.75) is 30.9 Å². The number of nitrogens with zero attached hydrogens (tertiary/aromatic N) is 4. The van der Waals surface area contributed by atoms with Gasteiger partial charge in [0.15, 0.2) is 5.16 Å². The summed E-state index contributed by atoms with van der Waals surface area (Å²) in [4.78, 5) is 7.86. The van der Waals surface area contributed by atoms with Gasteiger partial charge in [-0.2, -0.15) is 0 Å². The minimum Gasteiger partial charge on any atom is -0.341 e. The molecule has 0 aliphatic heterocycles. The second-order valence-electron chi connectivity index (χ2n) is 4.34. The van der Waals surface area contributed by atoms with Gasteiger partial charge < -0.3 is 15.3 Å². The lowest BCUT2D eigenvalue weighted by Crippen LogP contribution is -2.08. The van der Waals surface area contributed by atoms with Gasteiger partial charge in [-0.05, 0) is 19.1 Å². The Hall–Kier alpha value is -1.86. The Bertz CT molecular complexity index is 684. The van der Waals surface area contributed by atoms with Gasteiger partial charge in [-0.3, -0.25) is 0 Å². The standard InChI is InChI=1S/C13H16N6S/c1-2-19-12(7-14)17-18-13(19)20-8-11-15-9-5-3-4-6-10(9)16-11/h3-6H,2,7-8,14H2,1H3,(H,15,16). The van der Waals surface area contributed by atoms with Crippen molar-refractivity contribution in [3.63, 3.8) is 0 Å². The molecule has 0 aliphatic carbocycles. The lowest BCUT2D eigenvalue weighted by Gasteiger charge is -2.04. The van der Waals surface area contributed by atoms with E-state index in [9.17, 15) is 0 Å². The van der Waals surface area contributed by atoms with E-state index >= 15 is 0 Å². The molecule has 20 heavy (non-hydrogen) atoms. The Morgan fingerprint density at radius 3 is 2.90 bits per heavy atom. The van der Waals surface area contributed by atoms with E-state index < -0.39 is 0 Å². The second-order valence-corrected chi connectivity index (χ2v) is 5.28. The van der Waals surface area contributed by atoms with Gasteiger partial charge in [-0.25, -0.2) is 4.98 Å². The Morgan fingerprint density at radius 2 is 2.15 bits per heavy atom. The van der Waals surface area contributed by atoms with E-state index in [4.69, 9.17) is 5.73 Å². The van der Waals surface area contributed by atoms with E-state index in [-0.39, 0.29) is 0 Å². The molecule has 3 rings (SSSR count). The fourth-order valence-corrected chi connectivity index (χ4v) is 2.99. The highest BCUT2D eigenvalue weighted by Gasteiger charge is 2.11. The molecule has 1 aromatic carbocycles. The molecule has 0 fully saturated rings. The van der Waals surface area contributed by atoms with Crippen LogP contribution in [0.5, 0.6) is 0 Å². The van der Waals surface area contributed by atoms with Gasteiger partial charge in [0.2, 0.25) is 0 Å². The van der Waals surface area contributed by atoms with Crippen LogP contribution in [0.1, 0.15) is 18.6 Å². The summed E-state index contributed by atoms with van der Waals surface area (Å²) in [5.74, 6) is 2.49. The molecule has 104 valence electrons. The number of benzene rings is 1. The van der Waals surface area contributed by atoms with Crippen LogP contribution in [-0.4, -0.2) is 24.7 Å². The van der Waals surface area contributed by atoms with E-state index in [1.807, 2.05) is 28.8 Å². The predicted octanol–water partition coefficient (Wildman–Crippen LogP) is 1.93. The average molecular weight is 288 g/mol. The minimum atomic E-state index is 0.409. The number of imidazole rings is 1. The molecule has 0 saturated carbocycles. The largest absolute Gasteiger partial charge is 0.341 e. The fraction of sp³-hybridized carbons (Fsp3) is 0.308. The van der Waals surface area contributed by atoms with Crippen LogP contribution in [0.3, 0.4) is 0 Å². The monoisotopic (exact) mass is 288 g/mol. The van der Waals surface area contributed by atoms with E-state index in [0.717, 1.165) is 40.1 Å². The maximum Gasteiger partial charge on any atom is 0.191 e. The van der Waals surface area contributed by atoms with Crippen LogP contribution in [0.4, 0.5) is 0 Å². The average Bonchev–Trinajstić information content (AvgIpc) is 3.07. The summed E-state index contributed by atoms with van der Waals surface area (Å²) < 4.78 is 2.04.